The highest BCUT2D eigenvalue weighted by molar-refractivity contribution is 5.94. The number of amides is 3. The van der Waals surface area contributed by atoms with Gasteiger partial charge in [-0.25, -0.2) is 9.59 Å². The minimum atomic E-state index is -1.17. The van der Waals surface area contributed by atoms with Crippen molar-refractivity contribution in [1.82, 2.24) is 15.5 Å². The number of nitrogens with one attached hydrogen (secondary N) is 2. The fourth-order valence-corrected chi connectivity index (χ4v) is 1.48. The number of carboxylic acid groups (broad SMARTS) is 1. The van der Waals surface area contributed by atoms with E-state index in [0.29, 0.717) is 6.54 Å². The van der Waals surface area contributed by atoms with Gasteiger partial charge in [-0.1, -0.05) is 13.8 Å². The van der Waals surface area contributed by atoms with E-state index in [0.717, 1.165) is 26.1 Å². The predicted molar refractivity (Wildman–Crippen MR) is 72.4 cm³/mol. The van der Waals surface area contributed by atoms with Crippen LogP contribution in [0, 0.1) is 0 Å². The second-order valence-corrected chi connectivity index (χ2v) is 4.07. The van der Waals surface area contributed by atoms with Crippen LogP contribution in [-0.4, -0.2) is 67.3 Å². The van der Waals surface area contributed by atoms with Gasteiger partial charge in [-0.3, -0.25) is 10.1 Å². The highest BCUT2D eigenvalue weighted by atomic mass is 16.5. The zero-order valence-corrected chi connectivity index (χ0v) is 12.0. The maximum atomic E-state index is 11.3. The second-order valence-electron chi connectivity index (χ2n) is 4.07. The van der Waals surface area contributed by atoms with E-state index in [4.69, 9.17) is 5.11 Å². The molecular weight excluding hydrogens is 266 g/mol. The van der Waals surface area contributed by atoms with Crippen LogP contribution >= 0.6 is 0 Å². The highest BCUT2D eigenvalue weighted by Crippen LogP contribution is 1.89. The van der Waals surface area contributed by atoms with Crippen LogP contribution in [-0.2, 0) is 14.3 Å². The van der Waals surface area contributed by atoms with Gasteiger partial charge >= 0.3 is 12.0 Å². The average molecular weight is 289 g/mol. The lowest BCUT2D eigenvalue weighted by Gasteiger charge is -2.17. The van der Waals surface area contributed by atoms with E-state index in [9.17, 15) is 14.4 Å². The fraction of sp³-hybridized carbons (Fsp3) is 0.750. The minimum absolute atomic E-state index is 0.459. The van der Waals surface area contributed by atoms with Crippen LogP contribution in [0.4, 0.5) is 4.79 Å². The first-order valence-electron chi connectivity index (χ1n) is 6.59. The molecule has 0 aromatic carbocycles. The molecule has 0 saturated carbocycles. The molecule has 0 atom stereocenters. The SMILES string of the molecule is CCN(CC)CCCNC(=O)NC(=O)COCC(=O)O. The molecule has 116 valence electrons. The van der Waals surface area contributed by atoms with Gasteiger partial charge in [0.15, 0.2) is 0 Å². The molecule has 3 amide bonds. The smallest absolute Gasteiger partial charge is 0.329 e. The first kappa shape index (κ1) is 18.3. The number of carbonyl (C=O) groups is 3. The molecule has 0 bridgehead atoms. The maximum absolute atomic E-state index is 11.3. The largest absolute Gasteiger partial charge is 0.480 e. The van der Waals surface area contributed by atoms with Crippen LogP contribution in [0.2, 0.25) is 0 Å². The molecule has 0 saturated heterocycles. The third kappa shape index (κ3) is 10.3. The van der Waals surface area contributed by atoms with Crippen molar-refractivity contribution in [3.05, 3.63) is 0 Å². The molecule has 0 aliphatic carbocycles. The van der Waals surface area contributed by atoms with Crippen LogP contribution < -0.4 is 10.6 Å². The number of carboxylic acids is 1. The Morgan fingerprint density at radius 2 is 1.80 bits per heavy atom. The molecule has 0 aromatic heterocycles. The van der Waals surface area contributed by atoms with Crippen LogP contribution in [0.15, 0.2) is 0 Å². The quantitative estimate of drug-likeness (QED) is 0.474. The molecule has 0 aromatic rings. The number of hydrogen-bond acceptors (Lipinski definition) is 5. The molecule has 8 heteroatoms. The Morgan fingerprint density at radius 1 is 1.15 bits per heavy atom. The first-order valence-corrected chi connectivity index (χ1v) is 6.59. The molecule has 8 nitrogen and oxygen atoms in total. The molecule has 0 heterocycles. The van der Waals surface area contributed by atoms with Crippen molar-refractivity contribution in [3.63, 3.8) is 0 Å². The lowest BCUT2D eigenvalue weighted by Crippen LogP contribution is -2.42. The molecule has 0 rings (SSSR count). The van der Waals surface area contributed by atoms with Crippen molar-refractivity contribution >= 4 is 17.9 Å². The summed E-state index contributed by atoms with van der Waals surface area (Å²) in [7, 11) is 0. The van der Waals surface area contributed by atoms with Crippen LogP contribution in [0.3, 0.4) is 0 Å². The van der Waals surface area contributed by atoms with Crippen LogP contribution in [0.1, 0.15) is 20.3 Å². The Kier molecular flexibility index (Phi) is 10.2. The van der Waals surface area contributed by atoms with E-state index in [2.05, 4.69) is 28.8 Å². The molecule has 0 radical (unpaired) electrons. The van der Waals surface area contributed by atoms with Crippen molar-refractivity contribution in [3.8, 4) is 0 Å². The Morgan fingerprint density at radius 3 is 2.35 bits per heavy atom. The molecule has 0 aliphatic heterocycles. The minimum Gasteiger partial charge on any atom is -0.480 e. The molecule has 3 N–H and O–H groups in total. The molecule has 20 heavy (non-hydrogen) atoms. The van der Waals surface area contributed by atoms with E-state index in [1.807, 2.05) is 5.32 Å². The summed E-state index contributed by atoms with van der Waals surface area (Å²) in [4.78, 5) is 34.8. The Labute approximate surface area is 118 Å². The number of rotatable bonds is 10. The predicted octanol–water partition coefficient (Wildman–Crippen LogP) is -0.355. The summed E-state index contributed by atoms with van der Waals surface area (Å²) in [5.74, 6) is -1.84. The zero-order chi connectivity index (χ0) is 15.4. The average Bonchev–Trinajstić information content (AvgIpc) is 2.38. The summed E-state index contributed by atoms with van der Waals surface area (Å²) in [5, 5.41) is 12.9. The van der Waals surface area contributed by atoms with Crippen molar-refractivity contribution in [2.24, 2.45) is 0 Å². The fourth-order valence-electron chi connectivity index (χ4n) is 1.48. The number of hydrogen-bond donors (Lipinski definition) is 3. The summed E-state index contributed by atoms with van der Waals surface area (Å²) in [5.41, 5.74) is 0. The zero-order valence-electron chi connectivity index (χ0n) is 12.0. The lowest BCUT2D eigenvalue weighted by atomic mass is 10.3. The van der Waals surface area contributed by atoms with Gasteiger partial charge in [0.1, 0.15) is 13.2 Å². The Hall–Kier alpha value is -1.67. The normalized spacial score (nSPS) is 10.3. The molecular formula is C12H23N3O5. The summed E-state index contributed by atoms with van der Waals surface area (Å²) < 4.78 is 4.55. The third-order valence-corrected chi connectivity index (χ3v) is 2.54. The van der Waals surface area contributed by atoms with Gasteiger partial charge in [-0.05, 0) is 26.1 Å². The van der Waals surface area contributed by atoms with E-state index >= 15 is 0 Å². The number of nitrogens with zero attached hydrogens (tertiary/aromatic N) is 1. The number of aliphatic carboxylic acids is 1. The second kappa shape index (κ2) is 11.2. The number of ether oxygens (including phenoxy) is 1. The lowest BCUT2D eigenvalue weighted by molar-refractivity contribution is -0.143. The first-order chi connectivity index (χ1) is 9.49. The Balaban J connectivity index is 3.62. The van der Waals surface area contributed by atoms with E-state index in [-0.39, 0.29) is 0 Å². The van der Waals surface area contributed by atoms with Crippen molar-refractivity contribution in [1.29, 1.82) is 0 Å². The topological polar surface area (TPSA) is 108 Å². The maximum Gasteiger partial charge on any atom is 0.329 e. The van der Waals surface area contributed by atoms with Crippen molar-refractivity contribution in [2.45, 2.75) is 20.3 Å². The van der Waals surface area contributed by atoms with Gasteiger partial charge in [0.25, 0.3) is 5.91 Å². The number of imide groups is 1. The molecule has 0 unspecified atom stereocenters. The van der Waals surface area contributed by atoms with Gasteiger partial charge in [-0.15, -0.1) is 0 Å². The van der Waals surface area contributed by atoms with Crippen molar-refractivity contribution in [2.75, 3.05) is 39.4 Å². The van der Waals surface area contributed by atoms with Gasteiger partial charge in [0.05, 0.1) is 0 Å². The van der Waals surface area contributed by atoms with E-state index in [1.54, 1.807) is 0 Å². The summed E-state index contributed by atoms with van der Waals surface area (Å²) >= 11 is 0. The summed E-state index contributed by atoms with van der Waals surface area (Å²) in [6, 6.07) is -0.603. The summed E-state index contributed by atoms with van der Waals surface area (Å²) in [6.07, 6.45) is 0.790. The van der Waals surface area contributed by atoms with Gasteiger partial charge < -0.3 is 20.1 Å². The monoisotopic (exact) mass is 289 g/mol. The molecule has 0 spiro atoms. The van der Waals surface area contributed by atoms with Crippen LogP contribution in [0.25, 0.3) is 0 Å². The van der Waals surface area contributed by atoms with Crippen LogP contribution in [0.5, 0.6) is 0 Å². The molecule has 0 aliphatic rings. The third-order valence-electron chi connectivity index (χ3n) is 2.54. The number of urea groups is 1. The highest BCUT2D eigenvalue weighted by Gasteiger charge is 2.08. The van der Waals surface area contributed by atoms with Gasteiger partial charge in [0.2, 0.25) is 0 Å². The van der Waals surface area contributed by atoms with E-state index < -0.39 is 31.1 Å². The Bertz CT molecular complexity index is 318. The van der Waals surface area contributed by atoms with Gasteiger partial charge in [-0.2, -0.15) is 0 Å². The summed E-state index contributed by atoms with van der Waals surface area (Å²) in [6.45, 7) is 6.37. The number of carbonyl (C=O) groups excluding carboxylic acids is 2. The van der Waals surface area contributed by atoms with Gasteiger partial charge in [0, 0.05) is 6.54 Å². The standard InChI is InChI=1S/C12H23N3O5/c1-3-15(4-2)7-5-6-13-12(19)14-10(16)8-20-9-11(17)18/h3-9H2,1-2H3,(H,17,18)(H2,13,14,16,19). The van der Waals surface area contributed by atoms with E-state index in [1.165, 1.54) is 0 Å². The van der Waals surface area contributed by atoms with Crippen molar-refractivity contribution < 1.29 is 24.2 Å². The molecule has 0 fully saturated rings.